The molecule has 4 rings (SSSR count). The van der Waals surface area contributed by atoms with Gasteiger partial charge in [-0.05, 0) is 39.2 Å². The van der Waals surface area contributed by atoms with Crippen LogP contribution in [0.25, 0.3) is 0 Å². The third kappa shape index (κ3) is 2.83. The van der Waals surface area contributed by atoms with Crippen molar-refractivity contribution < 1.29 is 0 Å². The molecule has 1 aromatic heterocycles. The van der Waals surface area contributed by atoms with Crippen LogP contribution in [-0.4, -0.2) is 60.1 Å². The van der Waals surface area contributed by atoms with Crippen LogP contribution >= 0.6 is 11.3 Å². The number of hydrogen-bond donors (Lipinski definition) is 0. The molecule has 0 saturated carbocycles. The fourth-order valence-electron chi connectivity index (χ4n) is 4.17. The minimum absolute atomic E-state index is 0.781. The molecule has 21 heavy (non-hydrogen) atoms. The Morgan fingerprint density at radius 1 is 1.14 bits per heavy atom. The average Bonchev–Trinajstić information content (AvgIpc) is 3.15. The van der Waals surface area contributed by atoms with Crippen molar-refractivity contribution in [2.75, 3.05) is 38.1 Å². The lowest BCUT2D eigenvalue weighted by Gasteiger charge is -2.25. The summed E-state index contributed by atoms with van der Waals surface area (Å²) in [5, 5.41) is 1.25. The normalized spacial score (nSPS) is 31.0. The lowest BCUT2D eigenvalue weighted by molar-refractivity contribution is 0.215. The second kappa shape index (κ2) is 5.86. The zero-order valence-corrected chi connectivity index (χ0v) is 13.8. The van der Waals surface area contributed by atoms with Crippen molar-refractivity contribution >= 4 is 16.5 Å². The van der Waals surface area contributed by atoms with E-state index in [1.54, 1.807) is 0 Å². The minimum Gasteiger partial charge on any atom is -0.348 e. The lowest BCUT2D eigenvalue weighted by atomic mass is 10.1. The van der Waals surface area contributed by atoms with Crippen LogP contribution in [0.5, 0.6) is 0 Å². The minimum atomic E-state index is 0.781. The van der Waals surface area contributed by atoms with Gasteiger partial charge in [0.05, 0.1) is 0 Å². The molecule has 3 fully saturated rings. The van der Waals surface area contributed by atoms with Gasteiger partial charge in [0.15, 0.2) is 5.13 Å². The molecule has 116 valence electrons. The molecule has 2 bridgehead atoms. The number of thiazole rings is 1. The number of fused-ring (bicyclic) bond motifs is 2. The van der Waals surface area contributed by atoms with Gasteiger partial charge >= 0.3 is 0 Å². The van der Waals surface area contributed by atoms with Crippen LogP contribution in [0.15, 0.2) is 6.20 Å². The van der Waals surface area contributed by atoms with Gasteiger partial charge in [-0.2, -0.15) is 0 Å². The standard InChI is InChI=1S/C16H26N4S/c1-18-13-4-5-14(18)11-19(9-6-13)12-15-10-17-16(21-15)20-7-2-3-8-20/h10,13-14H,2-9,11-12H2,1H3/t13-,14+/m0/s1. The van der Waals surface area contributed by atoms with Crippen LogP contribution in [0.1, 0.15) is 37.0 Å². The first-order valence-electron chi connectivity index (χ1n) is 8.43. The Kier molecular flexibility index (Phi) is 3.90. The second-order valence-corrected chi connectivity index (χ2v) is 7.97. The molecule has 0 aromatic carbocycles. The molecular weight excluding hydrogens is 280 g/mol. The van der Waals surface area contributed by atoms with Crippen molar-refractivity contribution in [2.24, 2.45) is 0 Å². The quantitative estimate of drug-likeness (QED) is 0.855. The van der Waals surface area contributed by atoms with E-state index in [1.165, 1.54) is 68.3 Å². The molecule has 3 saturated heterocycles. The molecule has 0 aliphatic carbocycles. The molecule has 0 spiro atoms. The highest BCUT2D eigenvalue weighted by Gasteiger charge is 2.34. The van der Waals surface area contributed by atoms with Gasteiger partial charge in [0, 0.05) is 55.9 Å². The molecule has 5 heteroatoms. The van der Waals surface area contributed by atoms with Gasteiger partial charge in [0.25, 0.3) is 0 Å². The van der Waals surface area contributed by atoms with Gasteiger partial charge in [-0.1, -0.05) is 0 Å². The van der Waals surface area contributed by atoms with Crippen LogP contribution in [-0.2, 0) is 6.54 Å². The van der Waals surface area contributed by atoms with Crippen molar-refractivity contribution in [1.82, 2.24) is 14.8 Å². The number of nitrogens with zero attached hydrogens (tertiary/aromatic N) is 4. The smallest absolute Gasteiger partial charge is 0.185 e. The van der Waals surface area contributed by atoms with Gasteiger partial charge in [0.1, 0.15) is 0 Å². The summed E-state index contributed by atoms with van der Waals surface area (Å²) in [7, 11) is 2.32. The molecule has 4 heterocycles. The third-order valence-electron chi connectivity index (χ3n) is 5.53. The Hall–Kier alpha value is -0.650. The van der Waals surface area contributed by atoms with Gasteiger partial charge in [0.2, 0.25) is 0 Å². The van der Waals surface area contributed by atoms with E-state index in [2.05, 4.69) is 32.9 Å². The Balaban J connectivity index is 1.39. The van der Waals surface area contributed by atoms with E-state index in [1.807, 2.05) is 11.3 Å². The maximum absolute atomic E-state index is 4.66. The van der Waals surface area contributed by atoms with Crippen LogP contribution < -0.4 is 4.90 Å². The lowest BCUT2D eigenvalue weighted by Crippen LogP contribution is -2.36. The summed E-state index contributed by atoms with van der Waals surface area (Å²) in [4.78, 5) is 13.8. The Labute approximate surface area is 131 Å². The summed E-state index contributed by atoms with van der Waals surface area (Å²) in [5.41, 5.74) is 0. The summed E-state index contributed by atoms with van der Waals surface area (Å²) in [6.07, 6.45) is 8.91. The Morgan fingerprint density at radius 3 is 2.81 bits per heavy atom. The molecule has 0 amide bonds. The Bertz CT molecular complexity index is 482. The number of rotatable bonds is 3. The predicted molar refractivity (Wildman–Crippen MR) is 88.0 cm³/mol. The molecular formula is C16H26N4S. The number of anilines is 1. The largest absolute Gasteiger partial charge is 0.348 e. The van der Waals surface area contributed by atoms with E-state index >= 15 is 0 Å². The van der Waals surface area contributed by atoms with E-state index in [4.69, 9.17) is 0 Å². The van der Waals surface area contributed by atoms with Crippen molar-refractivity contribution in [1.29, 1.82) is 0 Å². The number of aromatic nitrogens is 1. The zero-order valence-electron chi connectivity index (χ0n) is 13.0. The summed E-state index contributed by atoms with van der Waals surface area (Å²) in [6, 6.07) is 1.62. The van der Waals surface area contributed by atoms with Gasteiger partial charge in [-0.25, -0.2) is 4.98 Å². The van der Waals surface area contributed by atoms with E-state index in [-0.39, 0.29) is 0 Å². The molecule has 2 atom stereocenters. The predicted octanol–water partition coefficient (Wildman–Crippen LogP) is 2.41. The summed E-state index contributed by atoms with van der Waals surface area (Å²) in [6.45, 7) is 5.99. The molecule has 0 N–H and O–H groups in total. The highest BCUT2D eigenvalue weighted by atomic mass is 32.1. The summed E-state index contributed by atoms with van der Waals surface area (Å²) in [5.74, 6) is 0. The first kappa shape index (κ1) is 14.0. The topological polar surface area (TPSA) is 22.6 Å². The first-order chi connectivity index (χ1) is 10.3. The van der Waals surface area contributed by atoms with Crippen molar-refractivity contribution in [2.45, 2.75) is 50.7 Å². The fraction of sp³-hybridized carbons (Fsp3) is 0.812. The fourth-order valence-corrected chi connectivity index (χ4v) is 5.17. The van der Waals surface area contributed by atoms with Crippen molar-refractivity contribution in [3.8, 4) is 0 Å². The highest BCUT2D eigenvalue weighted by Crippen LogP contribution is 2.31. The number of hydrogen-bond acceptors (Lipinski definition) is 5. The third-order valence-corrected chi connectivity index (χ3v) is 6.57. The first-order valence-corrected chi connectivity index (χ1v) is 9.25. The summed E-state index contributed by atoms with van der Waals surface area (Å²) >= 11 is 1.91. The average molecular weight is 306 g/mol. The molecule has 3 aliphatic rings. The van der Waals surface area contributed by atoms with Gasteiger partial charge in [-0.15, -0.1) is 11.3 Å². The number of likely N-dealkylation sites (N-methyl/N-ethyl adjacent to an activating group) is 1. The van der Waals surface area contributed by atoms with Crippen LogP contribution in [0.4, 0.5) is 5.13 Å². The Morgan fingerprint density at radius 2 is 1.95 bits per heavy atom. The molecule has 0 unspecified atom stereocenters. The van der Waals surface area contributed by atoms with E-state index in [0.29, 0.717) is 0 Å². The zero-order chi connectivity index (χ0) is 14.2. The maximum atomic E-state index is 4.66. The maximum Gasteiger partial charge on any atom is 0.185 e. The van der Waals surface area contributed by atoms with Gasteiger partial charge in [-0.3, -0.25) is 9.80 Å². The van der Waals surface area contributed by atoms with Crippen molar-refractivity contribution in [3.63, 3.8) is 0 Å². The van der Waals surface area contributed by atoms with E-state index in [0.717, 1.165) is 18.6 Å². The summed E-state index contributed by atoms with van der Waals surface area (Å²) < 4.78 is 0. The molecule has 1 aromatic rings. The van der Waals surface area contributed by atoms with Crippen LogP contribution in [0.2, 0.25) is 0 Å². The second-order valence-electron chi connectivity index (χ2n) is 6.88. The number of likely N-dealkylation sites (tertiary alicyclic amines) is 1. The van der Waals surface area contributed by atoms with E-state index < -0.39 is 0 Å². The molecule has 4 nitrogen and oxygen atoms in total. The monoisotopic (exact) mass is 306 g/mol. The van der Waals surface area contributed by atoms with Crippen molar-refractivity contribution in [3.05, 3.63) is 11.1 Å². The van der Waals surface area contributed by atoms with Crippen LogP contribution in [0.3, 0.4) is 0 Å². The SMILES string of the molecule is CN1[C@H]2CC[C@@H]1CN(Cc1cnc(N3CCCC3)s1)CC2. The van der Waals surface area contributed by atoms with Crippen LogP contribution in [0, 0.1) is 0 Å². The van der Waals surface area contributed by atoms with Gasteiger partial charge < -0.3 is 4.90 Å². The van der Waals surface area contributed by atoms with E-state index in [9.17, 15) is 0 Å². The molecule has 0 radical (unpaired) electrons. The highest BCUT2D eigenvalue weighted by molar-refractivity contribution is 7.15. The molecule has 3 aliphatic heterocycles.